The van der Waals surface area contributed by atoms with Crippen LogP contribution in [0.15, 0.2) is 0 Å². The average Bonchev–Trinajstić information content (AvgIpc) is 2.35. The second-order valence-corrected chi connectivity index (χ2v) is 4.62. The minimum absolute atomic E-state index is 0.0525. The lowest BCUT2D eigenvalue weighted by atomic mass is 10.0. The molecule has 0 heterocycles. The smallest absolute Gasteiger partial charge is 0.306 e. The highest BCUT2D eigenvalue weighted by Gasteiger charge is 2.12. The second-order valence-electron chi connectivity index (χ2n) is 4.62. The molecule has 0 aliphatic heterocycles. The van der Waals surface area contributed by atoms with Gasteiger partial charge in [-0.1, -0.05) is 13.3 Å². The summed E-state index contributed by atoms with van der Waals surface area (Å²) in [5.41, 5.74) is 5.09. The normalized spacial score (nSPS) is 13.4. The van der Waals surface area contributed by atoms with E-state index in [2.05, 4.69) is 10.6 Å². The molecule has 0 saturated heterocycles. The van der Waals surface area contributed by atoms with Gasteiger partial charge in [-0.2, -0.15) is 0 Å². The fourth-order valence-corrected chi connectivity index (χ4v) is 1.50. The number of hydrogen-bond donors (Lipinski definition) is 4. The van der Waals surface area contributed by atoms with Crippen molar-refractivity contribution in [3.8, 4) is 0 Å². The zero-order valence-corrected chi connectivity index (χ0v) is 11.4. The van der Waals surface area contributed by atoms with Crippen molar-refractivity contribution in [2.24, 2.45) is 11.7 Å². The van der Waals surface area contributed by atoms with Crippen molar-refractivity contribution in [1.82, 2.24) is 10.6 Å². The number of hydrogen-bond acceptors (Lipinski definition) is 4. The monoisotopic (exact) mass is 273 g/mol. The number of carbonyl (C=O) groups is 3. The van der Waals surface area contributed by atoms with Crippen LogP contribution in [0.5, 0.6) is 0 Å². The van der Waals surface area contributed by atoms with Gasteiger partial charge in [0.1, 0.15) is 0 Å². The summed E-state index contributed by atoms with van der Waals surface area (Å²) >= 11 is 0. The maximum atomic E-state index is 11.4. The van der Waals surface area contributed by atoms with Crippen molar-refractivity contribution < 1.29 is 19.5 Å². The second kappa shape index (κ2) is 9.32. The van der Waals surface area contributed by atoms with E-state index in [1.54, 1.807) is 6.92 Å². The molecule has 0 aromatic heterocycles. The van der Waals surface area contributed by atoms with E-state index >= 15 is 0 Å². The molecule has 0 aliphatic carbocycles. The third kappa shape index (κ3) is 9.01. The number of carboxylic acids is 1. The van der Waals surface area contributed by atoms with E-state index in [0.29, 0.717) is 12.8 Å². The Hall–Kier alpha value is -1.63. The first kappa shape index (κ1) is 17.4. The van der Waals surface area contributed by atoms with Crippen LogP contribution in [-0.2, 0) is 14.4 Å². The lowest BCUT2D eigenvalue weighted by Crippen LogP contribution is -2.42. The molecule has 19 heavy (non-hydrogen) atoms. The molecule has 0 aromatic carbocycles. The molecular weight excluding hydrogens is 250 g/mol. The number of carboxylic acid groups (broad SMARTS) is 1. The fraction of sp³-hybridized carbons (Fsp3) is 0.750. The topological polar surface area (TPSA) is 122 Å². The van der Waals surface area contributed by atoms with Gasteiger partial charge in [-0.15, -0.1) is 0 Å². The van der Waals surface area contributed by atoms with Gasteiger partial charge < -0.3 is 21.5 Å². The molecule has 7 nitrogen and oxygen atoms in total. The average molecular weight is 273 g/mol. The lowest BCUT2D eigenvalue weighted by molar-refractivity contribution is -0.141. The summed E-state index contributed by atoms with van der Waals surface area (Å²) in [5, 5.41) is 13.8. The van der Waals surface area contributed by atoms with Crippen molar-refractivity contribution in [3.05, 3.63) is 0 Å². The molecule has 0 aliphatic rings. The quantitative estimate of drug-likeness (QED) is 0.449. The zero-order chi connectivity index (χ0) is 14.8. The molecule has 0 spiro atoms. The SMILES string of the molecule is CC(CCCC(C)C(=O)O)NC(=O)CNC(=O)CN. The van der Waals surface area contributed by atoms with Gasteiger partial charge in [0, 0.05) is 6.04 Å². The van der Waals surface area contributed by atoms with Crippen molar-refractivity contribution in [2.45, 2.75) is 39.2 Å². The van der Waals surface area contributed by atoms with Crippen LogP contribution in [0.1, 0.15) is 33.1 Å². The van der Waals surface area contributed by atoms with E-state index in [1.165, 1.54) is 0 Å². The largest absolute Gasteiger partial charge is 0.481 e. The minimum atomic E-state index is -0.804. The third-order valence-electron chi connectivity index (χ3n) is 2.73. The highest BCUT2D eigenvalue weighted by molar-refractivity contribution is 5.85. The summed E-state index contributed by atoms with van der Waals surface area (Å²) < 4.78 is 0. The van der Waals surface area contributed by atoms with Gasteiger partial charge in [0.05, 0.1) is 19.0 Å². The van der Waals surface area contributed by atoms with E-state index in [0.717, 1.165) is 6.42 Å². The molecule has 5 N–H and O–H groups in total. The molecule has 2 unspecified atom stereocenters. The van der Waals surface area contributed by atoms with Crippen LogP contribution < -0.4 is 16.4 Å². The standard InChI is InChI=1S/C12H23N3O4/c1-8(12(18)19)4-3-5-9(2)15-11(17)7-14-10(16)6-13/h8-9H,3-7,13H2,1-2H3,(H,14,16)(H,15,17)(H,18,19). The molecule has 2 atom stereocenters. The first-order chi connectivity index (χ1) is 8.86. The van der Waals surface area contributed by atoms with E-state index in [9.17, 15) is 14.4 Å². The number of nitrogens with two attached hydrogens (primary N) is 1. The van der Waals surface area contributed by atoms with Gasteiger partial charge in [-0.05, 0) is 19.8 Å². The Balaban J connectivity index is 3.73. The van der Waals surface area contributed by atoms with Gasteiger partial charge in [-0.25, -0.2) is 0 Å². The Labute approximate surface area is 112 Å². The highest BCUT2D eigenvalue weighted by Crippen LogP contribution is 2.09. The van der Waals surface area contributed by atoms with Crippen LogP contribution in [-0.4, -0.2) is 42.0 Å². The summed E-state index contributed by atoms with van der Waals surface area (Å²) in [4.78, 5) is 32.9. The number of aliphatic carboxylic acids is 1. The molecule has 2 amide bonds. The molecule has 7 heteroatoms. The van der Waals surface area contributed by atoms with E-state index in [4.69, 9.17) is 10.8 Å². The Morgan fingerprint density at radius 3 is 2.32 bits per heavy atom. The van der Waals surface area contributed by atoms with E-state index < -0.39 is 5.97 Å². The van der Waals surface area contributed by atoms with Crippen molar-refractivity contribution >= 4 is 17.8 Å². The van der Waals surface area contributed by atoms with Crippen molar-refractivity contribution in [2.75, 3.05) is 13.1 Å². The maximum Gasteiger partial charge on any atom is 0.306 e. The Kier molecular flexibility index (Phi) is 8.52. The van der Waals surface area contributed by atoms with Crippen LogP contribution in [0.4, 0.5) is 0 Å². The number of nitrogens with one attached hydrogen (secondary N) is 2. The third-order valence-corrected chi connectivity index (χ3v) is 2.73. The molecule has 0 radical (unpaired) electrons. The Bertz CT molecular complexity index is 320. The van der Waals surface area contributed by atoms with Crippen LogP contribution >= 0.6 is 0 Å². The van der Waals surface area contributed by atoms with Crippen molar-refractivity contribution in [1.29, 1.82) is 0 Å². The van der Waals surface area contributed by atoms with Gasteiger partial charge in [-0.3, -0.25) is 14.4 Å². The van der Waals surface area contributed by atoms with Gasteiger partial charge in [0.15, 0.2) is 0 Å². The maximum absolute atomic E-state index is 11.4. The molecule has 0 bridgehead atoms. The van der Waals surface area contributed by atoms with Crippen LogP contribution in [0.2, 0.25) is 0 Å². The lowest BCUT2D eigenvalue weighted by Gasteiger charge is -2.14. The first-order valence-electron chi connectivity index (χ1n) is 6.35. The Morgan fingerprint density at radius 2 is 1.79 bits per heavy atom. The summed E-state index contributed by atoms with van der Waals surface area (Å²) in [6, 6.07) is -0.0525. The van der Waals surface area contributed by atoms with E-state index in [-0.39, 0.29) is 36.9 Å². The minimum Gasteiger partial charge on any atom is -0.481 e. The van der Waals surface area contributed by atoms with Crippen LogP contribution in [0, 0.1) is 5.92 Å². The van der Waals surface area contributed by atoms with Crippen LogP contribution in [0.3, 0.4) is 0 Å². The Morgan fingerprint density at radius 1 is 1.16 bits per heavy atom. The zero-order valence-electron chi connectivity index (χ0n) is 11.4. The number of amides is 2. The van der Waals surface area contributed by atoms with Gasteiger partial charge >= 0.3 is 5.97 Å². The predicted molar refractivity (Wildman–Crippen MR) is 70.3 cm³/mol. The molecule has 0 saturated carbocycles. The summed E-state index contributed by atoms with van der Waals surface area (Å²) in [6.07, 6.45) is 2.01. The first-order valence-corrected chi connectivity index (χ1v) is 6.35. The summed E-state index contributed by atoms with van der Waals surface area (Å²) in [6.45, 7) is 3.27. The molecule has 0 aromatic rings. The summed E-state index contributed by atoms with van der Waals surface area (Å²) in [5.74, 6) is -1.83. The molecule has 0 rings (SSSR count). The predicted octanol–water partition coefficient (Wildman–Crippen LogP) is -0.543. The van der Waals surface area contributed by atoms with E-state index in [1.807, 2.05) is 6.92 Å². The van der Waals surface area contributed by atoms with Crippen LogP contribution in [0.25, 0.3) is 0 Å². The summed E-state index contributed by atoms with van der Waals surface area (Å²) in [7, 11) is 0. The molecule has 110 valence electrons. The molecule has 0 fully saturated rings. The highest BCUT2D eigenvalue weighted by atomic mass is 16.4. The molecular formula is C12H23N3O4. The number of rotatable bonds is 9. The fourth-order valence-electron chi connectivity index (χ4n) is 1.50. The van der Waals surface area contributed by atoms with Crippen molar-refractivity contribution in [3.63, 3.8) is 0 Å². The van der Waals surface area contributed by atoms with Gasteiger partial charge in [0.25, 0.3) is 0 Å². The number of carbonyl (C=O) groups excluding carboxylic acids is 2. The van der Waals surface area contributed by atoms with Gasteiger partial charge in [0.2, 0.25) is 11.8 Å².